The number of likely N-dealkylation sites (tertiary alicyclic amines) is 1. The Morgan fingerprint density at radius 3 is 2.83 bits per heavy atom. The van der Waals surface area contributed by atoms with Crippen molar-refractivity contribution in [3.63, 3.8) is 0 Å². The number of β-amino-alcohol motifs (C(OH)–C–C–N with tert-alkyl or cyclic N) is 1. The molecule has 2 rings (SSSR count). The van der Waals surface area contributed by atoms with E-state index in [0.29, 0.717) is 17.3 Å². The van der Waals surface area contributed by atoms with Crippen molar-refractivity contribution in [2.75, 3.05) is 26.2 Å². The van der Waals surface area contributed by atoms with Gasteiger partial charge in [0, 0.05) is 32.6 Å². The summed E-state index contributed by atoms with van der Waals surface area (Å²) in [6.07, 6.45) is 1.26. The number of benzene rings is 1. The predicted octanol–water partition coefficient (Wildman–Crippen LogP) is 1.99. The van der Waals surface area contributed by atoms with Crippen LogP contribution < -0.4 is 10.1 Å². The molecule has 128 valence electrons. The molecule has 1 atom stereocenters. The highest BCUT2D eigenvalue weighted by Gasteiger charge is 2.21. The lowest BCUT2D eigenvalue weighted by molar-refractivity contribution is -0.120. The first-order valence-corrected chi connectivity index (χ1v) is 8.38. The van der Waals surface area contributed by atoms with Crippen LogP contribution in [0.25, 0.3) is 0 Å². The van der Waals surface area contributed by atoms with Crippen molar-refractivity contribution in [3.05, 3.63) is 28.8 Å². The maximum Gasteiger partial charge on any atom is 0.217 e. The maximum atomic E-state index is 11.1. The number of aryl methyl sites for hydroxylation is 1. The van der Waals surface area contributed by atoms with E-state index < -0.39 is 6.10 Å². The van der Waals surface area contributed by atoms with Gasteiger partial charge >= 0.3 is 0 Å². The molecule has 0 spiro atoms. The van der Waals surface area contributed by atoms with Crippen molar-refractivity contribution < 1.29 is 14.6 Å². The van der Waals surface area contributed by atoms with Crippen LogP contribution in [0.5, 0.6) is 5.75 Å². The molecule has 1 aliphatic rings. The SMILES string of the molecule is CC(=O)NC1CCN(C[C@@H](O)COc2cc(C)ccc2Cl)CC1. The van der Waals surface area contributed by atoms with Gasteiger partial charge in [0.25, 0.3) is 0 Å². The van der Waals surface area contributed by atoms with E-state index in [1.165, 1.54) is 0 Å². The largest absolute Gasteiger partial charge is 0.489 e. The number of aliphatic hydroxyl groups is 1. The van der Waals surface area contributed by atoms with Crippen LogP contribution >= 0.6 is 11.6 Å². The molecule has 6 heteroatoms. The average Bonchev–Trinajstić information content (AvgIpc) is 2.50. The molecule has 2 N–H and O–H groups in total. The van der Waals surface area contributed by atoms with E-state index in [2.05, 4.69) is 10.2 Å². The number of hydrogen-bond donors (Lipinski definition) is 2. The molecule has 23 heavy (non-hydrogen) atoms. The van der Waals surface area contributed by atoms with Gasteiger partial charge in [0.2, 0.25) is 5.91 Å². The molecular weight excluding hydrogens is 316 g/mol. The normalized spacial score (nSPS) is 17.7. The van der Waals surface area contributed by atoms with Crippen molar-refractivity contribution in [1.82, 2.24) is 10.2 Å². The Bertz CT molecular complexity index is 531. The minimum atomic E-state index is -0.566. The third kappa shape index (κ3) is 6.01. The van der Waals surface area contributed by atoms with Crippen LogP contribution in [0.15, 0.2) is 18.2 Å². The topological polar surface area (TPSA) is 61.8 Å². The third-order valence-corrected chi connectivity index (χ3v) is 4.29. The molecule has 5 nitrogen and oxygen atoms in total. The lowest BCUT2D eigenvalue weighted by Crippen LogP contribution is -2.46. The Balaban J connectivity index is 1.72. The fourth-order valence-corrected chi connectivity index (χ4v) is 2.98. The highest BCUT2D eigenvalue weighted by Crippen LogP contribution is 2.25. The van der Waals surface area contributed by atoms with Gasteiger partial charge in [0.15, 0.2) is 0 Å². The minimum Gasteiger partial charge on any atom is -0.489 e. The zero-order valence-corrected chi connectivity index (χ0v) is 14.5. The highest BCUT2D eigenvalue weighted by atomic mass is 35.5. The van der Waals surface area contributed by atoms with Gasteiger partial charge in [0.1, 0.15) is 18.5 Å². The first-order valence-electron chi connectivity index (χ1n) is 8.00. The number of aliphatic hydroxyl groups excluding tert-OH is 1. The number of nitrogens with one attached hydrogen (secondary N) is 1. The summed E-state index contributed by atoms with van der Waals surface area (Å²) in [5.74, 6) is 0.627. The maximum absolute atomic E-state index is 11.1. The number of nitrogens with zero attached hydrogens (tertiary/aromatic N) is 1. The molecule has 1 aromatic rings. The smallest absolute Gasteiger partial charge is 0.217 e. The fraction of sp³-hybridized carbons (Fsp3) is 0.588. The van der Waals surface area contributed by atoms with Crippen molar-refractivity contribution in [3.8, 4) is 5.75 Å². The molecule has 1 amide bonds. The van der Waals surface area contributed by atoms with Gasteiger partial charge < -0.3 is 20.1 Å². The lowest BCUT2D eigenvalue weighted by Gasteiger charge is -2.33. The van der Waals surface area contributed by atoms with Gasteiger partial charge in [-0.2, -0.15) is 0 Å². The molecule has 1 heterocycles. The fourth-order valence-electron chi connectivity index (χ4n) is 2.81. The molecule has 1 aliphatic heterocycles. The Morgan fingerprint density at radius 1 is 1.48 bits per heavy atom. The second kappa shape index (κ2) is 8.52. The summed E-state index contributed by atoms with van der Waals surface area (Å²) >= 11 is 6.08. The van der Waals surface area contributed by atoms with E-state index in [9.17, 15) is 9.90 Å². The van der Waals surface area contributed by atoms with Gasteiger partial charge in [-0.25, -0.2) is 0 Å². The van der Waals surface area contributed by atoms with E-state index in [1.54, 1.807) is 13.0 Å². The van der Waals surface area contributed by atoms with Crippen LogP contribution in [0.2, 0.25) is 5.02 Å². The number of halogens is 1. The number of carbonyl (C=O) groups excluding carboxylic acids is 1. The van der Waals surface area contributed by atoms with E-state index in [0.717, 1.165) is 31.5 Å². The summed E-state index contributed by atoms with van der Waals surface area (Å²) in [6, 6.07) is 5.84. The van der Waals surface area contributed by atoms with E-state index >= 15 is 0 Å². The molecule has 1 fully saturated rings. The Labute approximate surface area is 142 Å². The van der Waals surface area contributed by atoms with Crippen molar-refractivity contribution in [1.29, 1.82) is 0 Å². The van der Waals surface area contributed by atoms with E-state index in [-0.39, 0.29) is 18.6 Å². The zero-order valence-electron chi connectivity index (χ0n) is 13.7. The van der Waals surface area contributed by atoms with E-state index in [1.807, 2.05) is 19.1 Å². The quantitative estimate of drug-likeness (QED) is 0.831. The summed E-state index contributed by atoms with van der Waals surface area (Å²) < 4.78 is 5.63. The zero-order chi connectivity index (χ0) is 16.8. The predicted molar refractivity (Wildman–Crippen MR) is 91.0 cm³/mol. The molecule has 0 bridgehead atoms. The molecular formula is C17H25ClN2O3. The van der Waals surface area contributed by atoms with E-state index in [4.69, 9.17) is 16.3 Å². The van der Waals surface area contributed by atoms with Crippen LogP contribution in [0.3, 0.4) is 0 Å². The van der Waals surface area contributed by atoms with Gasteiger partial charge in [-0.15, -0.1) is 0 Å². The first kappa shape index (κ1) is 18.0. The van der Waals surface area contributed by atoms with Crippen LogP contribution in [0, 0.1) is 6.92 Å². The molecule has 0 aliphatic carbocycles. The van der Waals surface area contributed by atoms with Gasteiger partial charge in [-0.05, 0) is 37.5 Å². The van der Waals surface area contributed by atoms with Crippen LogP contribution in [-0.2, 0) is 4.79 Å². The summed E-state index contributed by atoms with van der Waals surface area (Å²) in [6.45, 7) is 6.04. The van der Waals surface area contributed by atoms with Gasteiger partial charge in [0.05, 0.1) is 5.02 Å². The van der Waals surface area contributed by atoms with Crippen molar-refractivity contribution in [2.24, 2.45) is 0 Å². The number of carbonyl (C=O) groups is 1. The second-order valence-corrected chi connectivity index (χ2v) is 6.58. The molecule has 0 saturated carbocycles. The number of amides is 1. The van der Waals surface area contributed by atoms with Crippen LogP contribution in [-0.4, -0.2) is 54.3 Å². The standard InChI is InChI=1S/C17H25ClN2O3/c1-12-3-4-16(18)17(9-12)23-11-15(22)10-20-7-5-14(6-8-20)19-13(2)21/h3-4,9,14-15,22H,5-8,10-11H2,1-2H3,(H,19,21)/t15-/m1/s1. The summed E-state index contributed by atoms with van der Waals surface area (Å²) in [5, 5.41) is 13.7. The first-order chi connectivity index (χ1) is 10.9. The lowest BCUT2D eigenvalue weighted by atomic mass is 10.0. The molecule has 0 aromatic heterocycles. The highest BCUT2D eigenvalue weighted by molar-refractivity contribution is 6.32. The average molecular weight is 341 g/mol. The molecule has 1 saturated heterocycles. The van der Waals surface area contributed by atoms with Gasteiger partial charge in [-0.1, -0.05) is 17.7 Å². The monoisotopic (exact) mass is 340 g/mol. The Morgan fingerprint density at radius 2 is 2.17 bits per heavy atom. The van der Waals surface area contributed by atoms with Crippen LogP contribution in [0.4, 0.5) is 0 Å². The number of ether oxygens (including phenoxy) is 1. The summed E-state index contributed by atoms with van der Waals surface area (Å²) in [5.41, 5.74) is 1.07. The van der Waals surface area contributed by atoms with Crippen molar-refractivity contribution in [2.45, 2.75) is 38.8 Å². The minimum absolute atomic E-state index is 0.0203. The van der Waals surface area contributed by atoms with Gasteiger partial charge in [-0.3, -0.25) is 4.79 Å². The third-order valence-electron chi connectivity index (χ3n) is 3.98. The summed E-state index contributed by atoms with van der Waals surface area (Å²) in [7, 11) is 0. The molecule has 0 unspecified atom stereocenters. The molecule has 1 aromatic carbocycles. The molecule has 0 radical (unpaired) electrons. The second-order valence-electron chi connectivity index (χ2n) is 6.17. The number of rotatable bonds is 6. The Kier molecular flexibility index (Phi) is 6.69. The Hall–Kier alpha value is -1.30. The number of hydrogen-bond acceptors (Lipinski definition) is 4. The van der Waals surface area contributed by atoms with Crippen LogP contribution in [0.1, 0.15) is 25.3 Å². The van der Waals surface area contributed by atoms with Crippen molar-refractivity contribution >= 4 is 17.5 Å². The number of piperidine rings is 1. The summed E-state index contributed by atoms with van der Waals surface area (Å²) in [4.78, 5) is 13.2.